The van der Waals surface area contributed by atoms with Gasteiger partial charge >= 0.3 is 0 Å². The molecule has 0 saturated carbocycles. The van der Waals surface area contributed by atoms with Gasteiger partial charge in [0, 0.05) is 12.2 Å². The predicted octanol–water partition coefficient (Wildman–Crippen LogP) is 2.64. The van der Waals surface area contributed by atoms with Crippen LogP contribution in [-0.2, 0) is 6.54 Å². The summed E-state index contributed by atoms with van der Waals surface area (Å²) < 4.78 is 5.31. The fourth-order valence-electron chi connectivity index (χ4n) is 2.12. The van der Waals surface area contributed by atoms with Gasteiger partial charge in [0.25, 0.3) is 5.89 Å². The molecule has 114 valence electrons. The molecule has 0 aliphatic carbocycles. The summed E-state index contributed by atoms with van der Waals surface area (Å²) in [5.74, 6) is 1.27. The first-order valence-electron chi connectivity index (χ1n) is 7.38. The Morgan fingerprint density at radius 1 is 1.14 bits per heavy atom. The highest BCUT2D eigenvalue weighted by Crippen LogP contribution is 2.17. The second-order valence-electron chi connectivity index (χ2n) is 5.40. The number of unbranched alkanes of at least 4 members (excludes halogenated alkanes) is 2. The topological polar surface area (TPSA) is 62.4 Å². The summed E-state index contributed by atoms with van der Waals surface area (Å²) in [6, 6.07) is 8.05. The molecule has 2 aromatic rings. The Hall–Kier alpha value is -1.72. The Balaban J connectivity index is 1.86. The molecule has 5 nitrogen and oxygen atoms in total. The first kappa shape index (κ1) is 15.7. The molecule has 5 heteroatoms. The summed E-state index contributed by atoms with van der Waals surface area (Å²) >= 11 is 0. The number of aryl methyl sites for hydroxylation is 1. The highest BCUT2D eigenvalue weighted by atomic mass is 16.5. The molecule has 0 atom stereocenters. The molecule has 0 unspecified atom stereocenters. The van der Waals surface area contributed by atoms with E-state index >= 15 is 0 Å². The second kappa shape index (κ2) is 7.90. The molecule has 0 saturated heterocycles. The molecule has 1 aromatic carbocycles. The summed E-state index contributed by atoms with van der Waals surface area (Å²) in [5.41, 5.74) is 2.16. The number of benzene rings is 1. The minimum Gasteiger partial charge on any atom is -0.396 e. The van der Waals surface area contributed by atoms with E-state index in [-0.39, 0.29) is 6.61 Å². The van der Waals surface area contributed by atoms with Crippen molar-refractivity contribution in [1.29, 1.82) is 0 Å². The fraction of sp³-hybridized carbons (Fsp3) is 0.500. The van der Waals surface area contributed by atoms with Gasteiger partial charge in [0.15, 0.2) is 5.82 Å². The third-order valence-electron chi connectivity index (χ3n) is 3.38. The average molecular weight is 289 g/mol. The van der Waals surface area contributed by atoms with E-state index in [1.54, 1.807) is 0 Å². The van der Waals surface area contributed by atoms with Crippen LogP contribution in [0.25, 0.3) is 11.5 Å². The first-order valence-corrected chi connectivity index (χ1v) is 7.38. The molecule has 1 heterocycles. The standard InChI is InChI=1S/C16H23N3O2/c1-13-6-8-14(9-7-13)16-17-15(18-21-16)12-19(2)10-4-3-5-11-20/h6-9,20H,3-5,10-12H2,1-2H3. The monoisotopic (exact) mass is 289 g/mol. The lowest BCUT2D eigenvalue weighted by atomic mass is 10.1. The van der Waals surface area contributed by atoms with Gasteiger partial charge in [-0.25, -0.2) is 0 Å². The SMILES string of the molecule is Cc1ccc(-c2nc(CN(C)CCCCCO)no2)cc1. The number of hydrogen-bond donors (Lipinski definition) is 1. The van der Waals surface area contributed by atoms with Gasteiger partial charge in [-0.05, 0) is 51.9 Å². The smallest absolute Gasteiger partial charge is 0.257 e. The zero-order chi connectivity index (χ0) is 15.1. The molecule has 0 radical (unpaired) electrons. The van der Waals surface area contributed by atoms with Gasteiger partial charge in [-0.1, -0.05) is 22.9 Å². The van der Waals surface area contributed by atoms with Crippen LogP contribution in [-0.4, -0.2) is 40.3 Å². The van der Waals surface area contributed by atoms with E-state index in [1.165, 1.54) is 5.56 Å². The Bertz CT molecular complexity index is 537. The number of hydrogen-bond acceptors (Lipinski definition) is 5. The van der Waals surface area contributed by atoms with Crippen LogP contribution in [0, 0.1) is 6.92 Å². The van der Waals surface area contributed by atoms with Gasteiger partial charge in [0.2, 0.25) is 0 Å². The lowest BCUT2D eigenvalue weighted by Crippen LogP contribution is -2.19. The van der Waals surface area contributed by atoms with Crippen LogP contribution < -0.4 is 0 Å². The Labute approximate surface area is 125 Å². The molecular formula is C16H23N3O2. The van der Waals surface area contributed by atoms with Crippen molar-refractivity contribution in [2.45, 2.75) is 32.7 Å². The molecule has 0 aliphatic rings. The van der Waals surface area contributed by atoms with Gasteiger partial charge in [-0.2, -0.15) is 4.98 Å². The van der Waals surface area contributed by atoms with Crippen LogP contribution >= 0.6 is 0 Å². The van der Waals surface area contributed by atoms with Gasteiger partial charge < -0.3 is 9.63 Å². The highest BCUT2D eigenvalue weighted by molar-refractivity contribution is 5.53. The normalized spacial score (nSPS) is 11.2. The van der Waals surface area contributed by atoms with Crippen LogP contribution in [0.5, 0.6) is 0 Å². The average Bonchev–Trinajstić information content (AvgIpc) is 2.93. The molecule has 1 aromatic heterocycles. The molecule has 2 rings (SSSR count). The Morgan fingerprint density at radius 2 is 1.90 bits per heavy atom. The van der Waals surface area contributed by atoms with Crippen molar-refractivity contribution in [3.8, 4) is 11.5 Å². The van der Waals surface area contributed by atoms with E-state index in [4.69, 9.17) is 9.63 Å². The van der Waals surface area contributed by atoms with Gasteiger partial charge in [-0.15, -0.1) is 0 Å². The summed E-state index contributed by atoms with van der Waals surface area (Å²) in [7, 11) is 2.04. The van der Waals surface area contributed by atoms with Crippen molar-refractivity contribution < 1.29 is 9.63 Å². The molecule has 0 amide bonds. The van der Waals surface area contributed by atoms with Crippen molar-refractivity contribution in [1.82, 2.24) is 15.0 Å². The van der Waals surface area contributed by atoms with E-state index in [2.05, 4.69) is 22.0 Å². The van der Waals surface area contributed by atoms with E-state index in [0.717, 1.165) is 31.4 Å². The van der Waals surface area contributed by atoms with Crippen molar-refractivity contribution in [3.63, 3.8) is 0 Å². The highest BCUT2D eigenvalue weighted by Gasteiger charge is 2.10. The quantitative estimate of drug-likeness (QED) is 0.757. The zero-order valence-electron chi connectivity index (χ0n) is 12.7. The number of aliphatic hydroxyl groups is 1. The molecule has 0 aliphatic heterocycles. The zero-order valence-corrected chi connectivity index (χ0v) is 12.7. The minimum absolute atomic E-state index is 0.272. The summed E-state index contributed by atoms with van der Waals surface area (Å²) in [5, 5.41) is 12.8. The van der Waals surface area contributed by atoms with E-state index in [9.17, 15) is 0 Å². The molecule has 0 bridgehead atoms. The van der Waals surface area contributed by atoms with Crippen LogP contribution in [0.15, 0.2) is 28.8 Å². The van der Waals surface area contributed by atoms with E-state index < -0.39 is 0 Å². The first-order chi connectivity index (χ1) is 10.2. The number of aliphatic hydroxyl groups excluding tert-OH is 1. The summed E-state index contributed by atoms with van der Waals surface area (Å²) in [6.07, 6.45) is 2.98. The minimum atomic E-state index is 0.272. The van der Waals surface area contributed by atoms with Crippen molar-refractivity contribution in [2.24, 2.45) is 0 Å². The Kier molecular flexibility index (Phi) is 5.90. The van der Waals surface area contributed by atoms with Crippen LogP contribution in [0.3, 0.4) is 0 Å². The molecule has 0 fully saturated rings. The Morgan fingerprint density at radius 3 is 2.62 bits per heavy atom. The lowest BCUT2D eigenvalue weighted by molar-refractivity contribution is 0.268. The van der Waals surface area contributed by atoms with E-state index in [0.29, 0.717) is 18.3 Å². The van der Waals surface area contributed by atoms with Gasteiger partial charge in [0.1, 0.15) is 0 Å². The molecule has 1 N–H and O–H groups in total. The van der Waals surface area contributed by atoms with Crippen molar-refractivity contribution in [3.05, 3.63) is 35.7 Å². The van der Waals surface area contributed by atoms with Crippen molar-refractivity contribution >= 4 is 0 Å². The van der Waals surface area contributed by atoms with Gasteiger partial charge in [0.05, 0.1) is 6.54 Å². The maximum atomic E-state index is 8.75. The van der Waals surface area contributed by atoms with Crippen LogP contribution in [0.2, 0.25) is 0 Å². The number of aromatic nitrogens is 2. The van der Waals surface area contributed by atoms with Gasteiger partial charge in [-0.3, -0.25) is 4.90 Å². The van der Waals surface area contributed by atoms with E-state index in [1.807, 2.05) is 31.3 Å². The van der Waals surface area contributed by atoms with Crippen molar-refractivity contribution in [2.75, 3.05) is 20.2 Å². The lowest BCUT2D eigenvalue weighted by Gasteiger charge is -2.13. The number of nitrogens with zero attached hydrogens (tertiary/aromatic N) is 3. The predicted molar refractivity (Wildman–Crippen MR) is 81.7 cm³/mol. The fourth-order valence-corrected chi connectivity index (χ4v) is 2.12. The molecular weight excluding hydrogens is 266 g/mol. The molecule has 21 heavy (non-hydrogen) atoms. The summed E-state index contributed by atoms with van der Waals surface area (Å²) in [6.45, 7) is 3.96. The third-order valence-corrected chi connectivity index (χ3v) is 3.38. The maximum Gasteiger partial charge on any atom is 0.257 e. The number of rotatable bonds is 8. The van der Waals surface area contributed by atoms with Crippen LogP contribution in [0.1, 0.15) is 30.7 Å². The third kappa shape index (κ3) is 4.95. The summed E-state index contributed by atoms with van der Waals surface area (Å²) in [4.78, 5) is 6.60. The van der Waals surface area contributed by atoms with Crippen LogP contribution in [0.4, 0.5) is 0 Å². The molecule has 0 spiro atoms. The largest absolute Gasteiger partial charge is 0.396 e. The second-order valence-corrected chi connectivity index (χ2v) is 5.40. The maximum absolute atomic E-state index is 8.75.